The Bertz CT molecular complexity index is 1230. The number of phenolic OH excluding ortho intramolecular Hbond substituents is 1. The number of halogens is 3. The highest BCUT2D eigenvalue weighted by atomic mass is 35.5. The van der Waals surface area contributed by atoms with Gasteiger partial charge in [-0.1, -0.05) is 29.3 Å². The number of hydrogen-bond donors (Lipinski definition) is 1. The van der Waals surface area contributed by atoms with Crippen LogP contribution < -0.4 is 4.90 Å². The molecule has 1 unspecified atom stereocenters. The zero-order valence-corrected chi connectivity index (χ0v) is 18.4. The first-order valence-corrected chi connectivity index (χ1v) is 10.4. The minimum atomic E-state index is -0.775. The third-order valence-electron chi connectivity index (χ3n) is 5.37. The highest BCUT2D eigenvalue weighted by Gasteiger charge is 2.31. The molecule has 0 saturated heterocycles. The molecule has 31 heavy (non-hydrogen) atoms. The molecule has 0 radical (unpaired) electrons. The number of anilines is 1. The first-order valence-electron chi connectivity index (χ1n) is 9.64. The van der Waals surface area contributed by atoms with Gasteiger partial charge in [0, 0.05) is 34.6 Å². The van der Waals surface area contributed by atoms with Crippen LogP contribution in [0.2, 0.25) is 10.0 Å². The summed E-state index contributed by atoms with van der Waals surface area (Å²) in [6.45, 7) is 1.79. The standard InChI is InChI=1S/C24H19Cl2FN2O2/c1-13-9-15(4-8-22(13)30)23-18-11-16(25)5-7-21(18)29(2)24(31)20(28-23)10-14-3-6-17(27)12-19(14)26/h3-9,11-12,20,30H,10H2,1-2H3. The molecule has 1 aliphatic heterocycles. The van der Waals surface area contributed by atoms with Crippen LogP contribution >= 0.6 is 23.2 Å². The fourth-order valence-electron chi connectivity index (χ4n) is 3.67. The number of fused-ring (bicyclic) bond motifs is 1. The van der Waals surface area contributed by atoms with Crippen LogP contribution in [0.1, 0.15) is 22.3 Å². The van der Waals surface area contributed by atoms with Gasteiger partial charge in [0.05, 0.1) is 11.4 Å². The second-order valence-electron chi connectivity index (χ2n) is 7.49. The van der Waals surface area contributed by atoms with Gasteiger partial charge in [0.2, 0.25) is 0 Å². The van der Waals surface area contributed by atoms with E-state index in [4.69, 9.17) is 28.2 Å². The van der Waals surface area contributed by atoms with Crippen LogP contribution in [0.4, 0.5) is 10.1 Å². The van der Waals surface area contributed by atoms with Gasteiger partial charge in [-0.2, -0.15) is 0 Å². The summed E-state index contributed by atoms with van der Waals surface area (Å²) in [6.07, 6.45) is 0.213. The van der Waals surface area contributed by atoms with Crippen LogP contribution in [0, 0.1) is 12.7 Å². The number of aliphatic imine (C=N–C) groups is 1. The molecule has 0 spiro atoms. The molecule has 1 N–H and O–H groups in total. The number of nitrogens with zero attached hydrogens (tertiary/aromatic N) is 2. The summed E-state index contributed by atoms with van der Waals surface area (Å²) in [6, 6.07) is 13.8. The van der Waals surface area contributed by atoms with E-state index in [2.05, 4.69) is 0 Å². The summed E-state index contributed by atoms with van der Waals surface area (Å²) in [5.41, 5.74) is 4.03. The smallest absolute Gasteiger partial charge is 0.251 e. The average molecular weight is 457 g/mol. The fourth-order valence-corrected chi connectivity index (χ4v) is 4.09. The van der Waals surface area contributed by atoms with Crippen LogP contribution in [-0.2, 0) is 11.2 Å². The quantitative estimate of drug-likeness (QED) is 0.559. The average Bonchev–Trinajstić information content (AvgIpc) is 2.82. The molecule has 0 aliphatic carbocycles. The van der Waals surface area contributed by atoms with Gasteiger partial charge in [-0.3, -0.25) is 9.79 Å². The molecule has 3 aromatic carbocycles. The topological polar surface area (TPSA) is 52.9 Å². The molecule has 7 heteroatoms. The lowest BCUT2D eigenvalue weighted by Gasteiger charge is -2.21. The maximum absolute atomic E-state index is 13.5. The third-order valence-corrected chi connectivity index (χ3v) is 5.96. The normalized spacial score (nSPS) is 16.0. The molecule has 1 atom stereocenters. The lowest BCUT2D eigenvalue weighted by molar-refractivity contribution is -0.119. The predicted octanol–water partition coefficient (Wildman–Crippen LogP) is 5.57. The molecular formula is C24H19Cl2FN2O2. The SMILES string of the molecule is Cc1cc(C2=NC(Cc3ccc(F)cc3Cl)C(=O)N(C)c3ccc(Cl)cc32)ccc1O. The van der Waals surface area contributed by atoms with Crippen molar-refractivity contribution >= 4 is 40.5 Å². The van der Waals surface area contributed by atoms with E-state index >= 15 is 0 Å². The molecule has 1 amide bonds. The Morgan fingerprint density at radius 3 is 2.58 bits per heavy atom. The third kappa shape index (κ3) is 4.16. The van der Waals surface area contributed by atoms with E-state index in [1.807, 2.05) is 6.07 Å². The Kier molecular flexibility index (Phi) is 5.73. The van der Waals surface area contributed by atoms with Gasteiger partial charge < -0.3 is 10.0 Å². The molecule has 158 valence electrons. The summed E-state index contributed by atoms with van der Waals surface area (Å²) in [4.78, 5) is 19.7. The molecule has 1 heterocycles. The monoisotopic (exact) mass is 456 g/mol. The van der Waals surface area contributed by atoms with Crippen molar-refractivity contribution in [3.8, 4) is 5.75 Å². The van der Waals surface area contributed by atoms with Crippen LogP contribution in [-0.4, -0.2) is 29.8 Å². The van der Waals surface area contributed by atoms with Crippen molar-refractivity contribution in [2.24, 2.45) is 4.99 Å². The molecule has 3 aromatic rings. The molecular weight excluding hydrogens is 438 g/mol. The molecule has 0 bridgehead atoms. The molecule has 4 nitrogen and oxygen atoms in total. The lowest BCUT2D eigenvalue weighted by atomic mass is 9.98. The van der Waals surface area contributed by atoms with Crippen molar-refractivity contribution in [3.63, 3.8) is 0 Å². The summed E-state index contributed by atoms with van der Waals surface area (Å²) >= 11 is 12.5. The second kappa shape index (κ2) is 8.33. The van der Waals surface area contributed by atoms with Gasteiger partial charge in [0.1, 0.15) is 17.6 Å². The zero-order chi connectivity index (χ0) is 22.3. The first-order chi connectivity index (χ1) is 14.7. The van der Waals surface area contributed by atoms with E-state index in [0.29, 0.717) is 33.1 Å². The van der Waals surface area contributed by atoms with Gasteiger partial charge >= 0.3 is 0 Å². The Hall–Kier alpha value is -2.89. The number of phenols is 1. The predicted molar refractivity (Wildman–Crippen MR) is 122 cm³/mol. The van der Waals surface area contributed by atoms with Gasteiger partial charge in [0.25, 0.3) is 5.91 Å². The van der Waals surface area contributed by atoms with Crippen molar-refractivity contribution in [1.82, 2.24) is 0 Å². The van der Waals surface area contributed by atoms with Crippen molar-refractivity contribution in [2.45, 2.75) is 19.4 Å². The van der Waals surface area contributed by atoms with E-state index in [0.717, 1.165) is 5.56 Å². The molecule has 1 aliphatic rings. The number of amides is 1. The number of hydrogen-bond acceptors (Lipinski definition) is 3. The molecule has 0 aromatic heterocycles. The number of likely N-dealkylation sites (N-methyl/N-ethyl adjacent to an activating group) is 1. The highest BCUT2D eigenvalue weighted by Crippen LogP contribution is 2.32. The van der Waals surface area contributed by atoms with Crippen molar-refractivity contribution in [1.29, 1.82) is 0 Å². The number of rotatable bonds is 3. The van der Waals surface area contributed by atoms with E-state index in [9.17, 15) is 14.3 Å². The van der Waals surface area contributed by atoms with E-state index in [1.165, 1.54) is 12.1 Å². The summed E-state index contributed by atoms with van der Waals surface area (Å²) in [5.74, 6) is -0.481. The van der Waals surface area contributed by atoms with E-state index < -0.39 is 11.9 Å². The van der Waals surface area contributed by atoms with Crippen molar-refractivity contribution in [3.05, 3.63) is 92.7 Å². The summed E-state index contributed by atoms with van der Waals surface area (Å²) in [5, 5.41) is 10.7. The maximum Gasteiger partial charge on any atom is 0.251 e. The number of carbonyl (C=O) groups excluding carboxylic acids is 1. The van der Waals surface area contributed by atoms with Gasteiger partial charge in [-0.25, -0.2) is 4.39 Å². The maximum atomic E-state index is 13.5. The van der Waals surface area contributed by atoms with Crippen LogP contribution in [0.15, 0.2) is 59.6 Å². The molecule has 0 saturated carbocycles. The highest BCUT2D eigenvalue weighted by molar-refractivity contribution is 6.32. The van der Waals surface area contributed by atoms with Crippen molar-refractivity contribution < 1.29 is 14.3 Å². The van der Waals surface area contributed by atoms with E-state index in [-0.39, 0.29) is 23.1 Å². The number of benzodiazepines with no additional fused rings is 1. The number of aromatic hydroxyl groups is 1. The van der Waals surface area contributed by atoms with Crippen LogP contribution in [0.3, 0.4) is 0 Å². The van der Waals surface area contributed by atoms with Crippen molar-refractivity contribution in [2.75, 3.05) is 11.9 Å². The minimum absolute atomic E-state index is 0.173. The zero-order valence-electron chi connectivity index (χ0n) is 16.9. The number of carbonyl (C=O) groups is 1. The van der Waals surface area contributed by atoms with E-state index in [1.54, 1.807) is 55.3 Å². The Morgan fingerprint density at radius 1 is 1.10 bits per heavy atom. The summed E-state index contributed by atoms with van der Waals surface area (Å²) in [7, 11) is 1.69. The summed E-state index contributed by atoms with van der Waals surface area (Å²) < 4.78 is 13.5. The Morgan fingerprint density at radius 2 is 1.87 bits per heavy atom. The molecule has 4 rings (SSSR count). The van der Waals surface area contributed by atoms with Gasteiger partial charge in [0.15, 0.2) is 0 Å². The fraction of sp³-hybridized carbons (Fsp3) is 0.167. The van der Waals surface area contributed by atoms with Crippen LogP contribution in [0.25, 0.3) is 0 Å². The largest absolute Gasteiger partial charge is 0.508 e. The number of aryl methyl sites for hydroxylation is 1. The Labute approximate surface area is 189 Å². The number of benzene rings is 3. The van der Waals surface area contributed by atoms with Gasteiger partial charge in [-0.05, 0) is 66.6 Å². The first kappa shape index (κ1) is 21.3. The van der Waals surface area contributed by atoms with Gasteiger partial charge in [-0.15, -0.1) is 0 Å². The van der Waals surface area contributed by atoms with Crippen LogP contribution in [0.5, 0.6) is 5.75 Å². The minimum Gasteiger partial charge on any atom is -0.508 e. The molecule has 0 fully saturated rings. The lowest BCUT2D eigenvalue weighted by Crippen LogP contribution is -2.36. The second-order valence-corrected chi connectivity index (χ2v) is 8.34. The Balaban J connectivity index is 1.89.